The van der Waals surface area contributed by atoms with E-state index in [1.165, 1.54) is 4.88 Å². The third kappa shape index (κ3) is 2.83. The number of imidazole rings is 1. The van der Waals surface area contributed by atoms with Crippen LogP contribution in [0.3, 0.4) is 0 Å². The van der Waals surface area contributed by atoms with Gasteiger partial charge in [-0.1, -0.05) is 13.0 Å². The molecule has 0 aliphatic rings. The standard InChI is InChI=1S/C16H17N3OS/c1-3-12(14-5-4-8-21-14)18-16(20)13-10-19-7-6-11(2)9-15(19)17-13/h4-10,12H,3H2,1-2H3,(H,18,20). The van der Waals surface area contributed by atoms with Crippen LogP contribution < -0.4 is 5.32 Å². The summed E-state index contributed by atoms with van der Waals surface area (Å²) in [7, 11) is 0. The highest BCUT2D eigenvalue weighted by atomic mass is 32.1. The van der Waals surface area contributed by atoms with E-state index in [2.05, 4.69) is 17.2 Å². The SMILES string of the molecule is CCC(NC(=O)c1cn2ccc(C)cc2n1)c1cccs1. The number of carbonyl (C=O) groups excluding carboxylic acids is 1. The second-order valence-corrected chi connectivity index (χ2v) is 6.02. The first-order valence-corrected chi connectivity index (χ1v) is 7.85. The van der Waals surface area contributed by atoms with Crippen molar-refractivity contribution in [3.05, 3.63) is 58.2 Å². The number of pyridine rings is 1. The van der Waals surface area contributed by atoms with Crippen molar-refractivity contribution < 1.29 is 4.79 Å². The minimum atomic E-state index is -0.128. The average Bonchev–Trinajstić information content (AvgIpc) is 3.12. The number of nitrogens with one attached hydrogen (secondary N) is 1. The minimum Gasteiger partial charge on any atom is -0.343 e. The number of thiophene rings is 1. The van der Waals surface area contributed by atoms with Gasteiger partial charge in [-0.05, 0) is 42.5 Å². The molecule has 3 heterocycles. The zero-order chi connectivity index (χ0) is 14.8. The van der Waals surface area contributed by atoms with E-state index in [4.69, 9.17) is 0 Å². The van der Waals surface area contributed by atoms with E-state index in [0.717, 1.165) is 17.6 Å². The summed E-state index contributed by atoms with van der Waals surface area (Å²) in [6, 6.07) is 8.06. The van der Waals surface area contributed by atoms with Crippen LogP contribution in [-0.4, -0.2) is 15.3 Å². The van der Waals surface area contributed by atoms with Gasteiger partial charge in [0.1, 0.15) is 11.3 Å². The molecule has 108 valence electrons. The molecule has 21 heavy (non-hydrogen) atoms. The van der Waals surface area contributed by atoms with Crippen LogP contribution in [0.15, 0.2) is 42.0 Å². The molecular weight excluding hydrogens is 282 g/mol. The maximum atomic E-state index is 12.4. The summed E-state index contributed by atoms with van der Waals surface area (Å²) in [5.74, 6) is -0.128. The van der Waals surface area contributed by atoms with Crippen LogP contribution >= 0.6 is 11.3 Å². The Kier molecular flexibility index (Phi) is 3.75. The van der Waals surface area contributed by atoms with Crippen LogP contribution in [0.25, 0.3) is 5.65 Å². The predicted molar refractivity (Wildman–Crippen MR) is 84.7 cm³/mol. The molecular formula is C16H17N3OS. The number of nitrogens with zero attached hydrogens (tertiary/aromatic N) is 2. The van der Waals surface area contributed by atoms with Crippen molar-refractivity contribution >= 4 is 22.9 Å². The maximum absolute atomic E-state index is 12.4. The average molecular weight is 299 g/mol. The number of hydrogen-bond donors (Lipinski definition) is 1. The first-order chi connectivity index (χ1) is 10.2. The van der Waals surface area contributed by atoms with Gasteiger partial charge < -0.3 is 9.72 Å². The van der Waals surface area contributed by atoms with E-state index in [1.54, 1.807) is 17.5 Å². The fourth-order valence-electron chi connectivity index (χ4n) is 2.29. The van der Waals surface area contributed by atoms with Gasteiger partial charge in [0.15, 0.2) is 0 Å². The molecule has 3 aromatic heterocycles. The minimum absolute atomic E-state index is 0.0454. The van der Waals surface area contributed by atoms with Gasteiger partial charge in [0.25, 0.3) is 5.91 Å². The smallest absolute Gasteiger partial charge is 0.272 e. The van der Waals surface area contributed by atoms with Crippen molar-refractivity contribution in [1.29, 1.82) is 0 Å². The van der Waals surface area contributed by atoms with Gasteiger partial charge in [0.05, 0.1) is 6.04 Å². The van der Waals surface area contributed by atoms with E-state index in [-0.39, 0.29) is 11.9 Å². The van der Waals surface area contributed by atoms with E-state index < -0.39 is 0 Å². The van der Waals surface area contributed by atoms with Crippen LogP contribution in [0.1, 0.15) is 40.3 Å². The van der Waals surface area contributed by atoms with E-state index in [0.29, 0.717) is 5.69 Å². The molecule has 0 radical (unpaired) electrons. The van der Waals surface area contributed by atoms with Crippen molar-refractivity contribution in [3.63, 3.8) is 0 Å². The molecule has 3 rings (SSSR count). The zero-order valence-corrected chi connectivity index (χ0v) is 12.9. The molecule has 1 atom stereocenters. The largest absolute Gasteiger partial charge is 0.343 e. The maximum Gasteiger partial charge on any atom is 0.272 e. The lowest BCUT2D eigenvalue weighted by atomic mass is 10.2. The molecule has 1 amide bonds. The van der Waals surface area contributed by atoms with Crippen molar-refractivity contribution in [3.8, 4) is 0 Å². The normalized spacial score (nSPS) is 12.5. The van der Waals surface area contributed by atoms with Crippen molar-refractivity contribution in [2.24, 2.45) is 0 Å². The summed E-state index contributed by atoms with van der Waals surface area (Å²) in [4.78, 5) is 17.9. The van der Waals surface area contributed by atoms with Gasteiger partial charge in [-0.2, -0.15) is 0 Å². The lowest BCUT2D eigenvalue weighted by Crippen LogP contribution is -2.27. The molecule has 1 unspecified atom stereocenters. The third-order valence-electron chi connectivity index (χ3n) is 3.45. The molecule has 0 spiro atoms. The van der Waals surface area contributed by atoms with E-state index in [1.807, 2.05) is 47.2 Å². The van der Waals surface area contributed by atoms with E-state index >= 15 is 0 Å². The van der Waals surface area contributed by atoms with Gasteiger partial charge >= 0.3 is 0 Å². The fraction of sp³-hybridized carbons (Fsp3) is 0.250. The van der Waals surface area contributed by atoms with Crippen LogP contribution in [0.5, 0.6) is 0 Å². The third-order valence-corrected chi connectivity index (χ3v) is 4.43. The Morgan fingerprint density at radius 1 is 1.48 bits per heavy atom. The quantitative estimate of drug-likeness (QED) is 0.800. The van der Waals surface area contributed by atoms with Crippen LogP contribution in [-0.2, 0) is 0 Å². The van der Waals surface area contributed by atoms with E-state index in [9.17, 15) is 4.79 Å². The second kappa shape index (κ2) is 5.69. The molecule has 3 aromatic rings. The number of carbonyl (C=O) groups is 1. The Labute approximate surface area is 127 Å². The fourth-order valence-corrected chi connectivity index (χ4v) is 3.15. The Bertz CT molecular complexity index is 761. The van der Waals surface area contributed by atoms with Gasteiger partial charge in [-0.25, -0.2) is 4.98 Å². The Balaban J connectivity index is 1.83. The van der Waals surface area contributed by atoms with Crippen molar-refractivity contribution in [1.82, 2.24) is 14.7 Å². The highest BCUT2D eigenvalue weighted by molar-refractivity contribution is 7.10. The van der Waals surface area contributed by atoms with Crippen molar-refractivity contribution in [2.45, 2.75) is 26.3 Å². The first-order valence-electron chi connectivity index (χ1n) is 6.97. The monoisotopic (exact) mass is 299 g/mol. The van der Waals surface area contributed by atoms with Gasteiger partial charge in [-0.15, -0.1) is 11.3 Å². The lowest BCUT2D eigenvalue weighted by molar-refractivity contribution is 0.0932. The van der Waals surface area contributed by atoms with Crippen molar-refractivity contribution in [2.75, 3.05) is 0 Å². The Morgan fingerprint density at radius 3 is 3.05 bits per heavy atom. The van der Waals surface area contributed by atoms with Crippen LogP contribution in [0.2, 0.25) is 0 Å². The summed E-state index contributed by atoms with van der Waals surface area (Å²) in [5.41, 5.74) is 2.38. The van der Waals surface area contributed by atoms with Crippen LogP contribution in [0, 0.1) is 6.92 Å². The predicted octanol–water partition coefficient (Wildman–Crippen LogP) is 3.59. The molecule has 1 N–H and O–H groups in total. The molecule has 0 saturated heterocycles. The zero-order valence-electron chi connectivity index (χ0n) is 12.0. The molecule has 5 heteroatoms. The number of rotatable bonds is 4. The molecule has 0 aliphatic heterocycles. The number of fused-ring (bicyclic) bond motifs is 1. The van der Waals surface area contributed by atoms with Crippen LogP contribution in [0.4, 0.5) is 0 Å². The molecule has 0 fully saturated rings. The highest BCUT2D eigenvalue weighted by Gasteiger charge is 2.17. The second-order valence-electron chi connectivity index (χ2n) is 5.05. The molecule has 4 nitrogen and oxygen atoms in total. The first kappa shape index (κ1) is 13.8. The summed E-state index contributed by atoms with van der Waals surface area (Å²) in [6.07, 6.45) is 4.55. The molecule has 0 aromatic carbocycles. The Morgan fingerprint density at radius 2 is 2.33 bits per heavy atom. The molecule has 0 bridgehead atoms. The van der Waals surface area contributed by atoms with Gasteiger partial charge in [0, 0.05) is 17.3 Å². The molecule has 0 saturated carbocycles. The lowest BCUT2D eigenvalue weighted by Gasteiger charge is -2.14. The number of hydrogen-bond acceptors (Lipinski definition) is 3. The van der Waals surface area contributed by atoms with Gasteiger partial charge in [-0.3, -0.25) is 4.79 Å². The number of amides is 1. The van der Waals surface area contributed by atoms with Gasteiger partial charge in [0.2, 0.25) is 0 Å². The summed E-state index contributed by atoms with van der Waals surface area (Å²) >= 11 is 1.66. The summed E-state index contributed by atoms with van der Waals surface area (Å²) in [5, 5.41) is 5.08. The summed E-state index contributed by atoms with van der Waals surface area (Å²) < 4.78 is 1.87. The summed E-state index contributed by atoms with van der Waals surface area (Å²) in [6.45, 7) is 4.08. The molecule has 0 aliphatic carbocycles. The number of aromatic nitrogens is 2. The number of aryl methyl sites for hydroxylation is 1. The topological polar surface area (TPSA) is 46.4 Å². The Hall–Kier alpha value is -2.14. The highest BCUT2D eigenvalue weighted by Crippen LogP contribution is 2.22.